The summed E-state index contributed by atoms with van der Waals surface area (Å²) in [5.74, 6) is 0.579. The lowest BCUT2D eigenvalue weighted by Crippen LogP contribution is -1.93. The molecule has 0 aromatic heterocycles. The van der Waals surface area contributed by atoms with E-state index in [1.807, 2.05) is 12.2 Å². The average Bonchev–Trinajstić information content (AvgIpc) is 2.72. The zero-order valence-corrected chi connectivity index (χ0v) is 8.40. The van der Waals surface area contributed by atoms with E-state index < -0.39 is 0 Å². The van der Waals surface area contributed by atoms with Crippen LogP contribution in [0.2, 0.25) is 0 Å². The summed E-state index contributed by atoms with van der Waals surface area (Å²) in [6, 6.07) is 10.6. The second kappa shape index (κ2) is 4.13. The zero-order chi connectivity index (χ0) is 9.80. The molecule has 0 radical (unpaired) electrons. The molecule has 1 aliphatic rings. The molecule has 0 unspecified atom stereocenters. The van der Waals surface area contributed by atoms with E-state index in [2.05, 4.69) is 49.1 Å². The Morgan fingerprint density at radius 1 is 1.21 bits per heavy atom. The first-order valence-corrected chi connectivity index (χ1v) is 5.03. The van der Waals surface area contributed by atoms with Gasteiger partial charge in [-0.1, -0.05) is 49.4 Å². The lowest BCUT2D eigenvalue weighted by molar-refractivity contribution is 0.764. The fourth-order valence-corrected chi connectivity index (χ4v) is 1.72. The van der Waals surface area contributed by atoms with Crippen LogP contribution in [0.5, 0.6) is 0 Å². The minimum atomic E-state index is 0.579. The van der Waals surface area contributed by atoms with Crippen LogP contribution in [0.25, 0.3) is 0 Å². The minimum Gasteiger partial charge on any atom is -0.117 e. The highest BCUT2D eigenvalue weighted by atomic mass is 14.1. The minimum absolute atomic E-state index is 0.579. The molecule has 0 heterocycles. The van der Waals surface area contributed by atoms with Crippen molar-refractivity contribution in [3.05, 3.63) is 65.4 Å². The maximum Gasteiger partial charge on any atom is -0.00542 e. The SMILES string of the molecule is C[C@@H](CC1=C=CC=C1)c1ccccc1. The summed E-state index contributed by atoms with van der Waals surface area (Å²) in [6.45, 7) is 2.26. The van der Waals surface area contributed by atoms with Crippen molar-refractivity contribution < 1.29 is 0 Å². The van der Waals surface area contributed by atoms with Gasteiger partial charge in [-0.05, 0) is 29.6 Å². The van der Waals surface area contributed by atoms with Crippen LogP contribution < -0.4 is 0 Å². The molecule has 0 bridgehead atoms. The molecule has 0 spiro atoms. The summed E-state index contributed by atoms with van der Waals surface area (Å²) >= 11 is 0. The molecule has 0 nitrogen and oxygen atoms in total. The average molecular weight is 182 g/mol. The molecule has 0 saturated heterocycles. The van der Waals surface area contributed by atoms with E-state index in [9.17, 15) is 0 Å². The second-order valence-electron chi connectivity index (χ2n) is 3.71. The lowest BCUT2D eigenvalue weighted by Gasteiger charge is -2.10. The van der Waals surface area contributed by atoms with E-state index in [-0.39, 0.29) is 0 Å². The molecule has 14 heavy (non-hydrogen) atoms. The summed E-state index contributed by atoms with van der Waals surface area (Å²) < 4.78 is 0. The van der Waals surface area contributed by atoms with Crippen molar-refractivity contribution in [2.24, 2.45) is 0 Å². The molecular weight excluding hydrogens is 168 g/mol. The molecule has 70 valence electrons. The van der Waals surface area contributed by atoms with Gasteiger partial charge in [0.15, 0.2) is 0 Å². The molecule has 0 saturated carbocycles. The van der Waals surface area contributed by atoms with Crippen molar-refractivity contribution in [2.75, 3.05) is 0 Å². The summed E-state index contributed by atoms with van der Waals surface area (Å²) in [6.07, 6.45) is 7.25. The van der Waals surface area contributed by atoms with Gasteiger partial charge >= 0.3 is 0 Å². The van der Waals surface area contributed by atoms with Crippen LogP contribution in [-0.2, 0) is 0 Å². The van der Waals surface area contributed by atoms with E-state index in [0.29, 0.717) is 5.92 Å². The Labute approximate surface area is 85.3 Å². The van der Waals surface area contributed by atoms with E-state index in [1.165, 1.54) is 11.1 Å². The van der Waals surface area contributed by atoms with Crippen LogP contribution in [0, 0.1) is 0 Å². The zero-order valence-electron chi connectivity index (χ0n) is 8.40. The first-order chi connectivity index (χ1) is 6.86. The Morgan fingerprint density at radius 2 is 2.00 bits per heavy atom. The highest BCUT2D eigenvalue weighted by molar-refractivity contribution is 5.31. The molecule has 1 aromatic carbocycles. The molecule has 1 aromatic rings. The first kappa shape index (κ1) is 9.05. The largest absolute Gasteiger partial charge is 0.117 e. The third kappa shape index (κ3) is 2.04. The van der Waals surface area contributed by atoms with Gasteiger partial charge in [0.2, 0.25) is 0 Å². The maximum atomic E-state index is 3.24. The molecule has 0 amide bonds. The fraction of sp³-hybridized carbons (Fsp3) is 0.214. The van der Waals surface area contributed by atoms with Gasteiger partial charge in [-0.2, -0.15) is 0 Å². The highest BCUT2D eigenvalue weighted by Gasteiger charge is 2.06. The third-order valence-electron chi connectivity index (χ3n) is 2.56. The van der Waals surface area contributed by atoms with Crippen molar-refractivity contribution in [3.63, 3.8) is 0 Å². The number of hydrogen-bond donors (Lipinski definition) is 0. The lowest BCUT2D eigenvalue weighted by atomic mass is 9.94. The van der Waals surface area contributed by atoms with Crippen LogP contribution >= 0.6 is 0 Å². The fourth-order valence-electron chi connectivity index (χ4n) is 1.72. The van der Waals surface area contributed by atoms with Crippen LogP contribution in [0.4, 0.5) is 0 Å². The van der Waals surface area contributed by atoms with Gasteiger partial charge in [0.25, 0.3) is 0 Å². The van der Waals surface area contributed by atoms with E-state index in [4.69, 9.17) is 0 Å². The summed E-state index contributed by atoms with van der Waals surface area (Å²) in [7, 11) is 0. The highest BCUT2D eigenvalue weighted by Crippen LogP contribution is 2.23. The molecule has 1 atom stereocenters. The van der Waals surface area contributed by atoms with E-state index >= 15 is 0 Å². The molecule has 0 N–H and O–H groups in total. The normalized spacial score (nSPS) is 15.6. The standard InChI is InChI=1S/C14H14/c1-12(11-13-7-5-6-8-13)14-9-3-2-4-10-14/h2-7,9-10,12H,11H2,1H3/t12-/m0/s1. The smallest absolute Gasteiger partial charge is 0.00542 e. The van der Waals surface area contributed by atoms with Crippen molar-refractivity contribution >= 4 is 0 Å². The van der Waals surface area contributed by atoms with Gasteiger partial charge in [-0.3, -0.25) is 0 Å². The predicted octanol–water partition coefficient (Wildman–Crippen LogP) is 3.83. The second-order valence-corrected chi connectivity index (χ2v) is 3.71. The molecule has 0 heteroatoms. The third-order valence-corrected chi connectivity index (χ3v) is 2.56. The molecule has 0 aliphatic heterocycles. The Bertz CT molecular complexity index is 389. The Kier molecular flexibility index (Phi) is 2.67. The van der Waals surface area contributed by atoms with Crippen molar-refractivity contribution in [1.82, 2.24) is 0 Å². The van der Waals surface area contributed by atoms with Gasteiger partial charge in [-0.15, -0.1) is 5.73 Å². The van der Waals surface area contributed by atoms with Gasteiger partial charge < -0.3 is 0 Å². The number of rotatable bonds is 3. The summed E-state index contributed by atoms with van der Waals surface area (Å²) in [5.41, 5.74) is 5.95. The van der Waals surface area contributed by atoms with Gasteiger partial charge in [0, 0.05) is 0 Å². The Morgan fingerprint density at radius 3 is 2.64 bits per heavy atom. The monoisotopic (exact) mass is 182 g/mol. The summed E-state index contributed by atoms with van der Waals surface area (Å²) in [4.78, 5) is 0. The van der Waals surface area contributed by atoms with Crippen molar-refractivity contribution in [1.29, 1.82) is 0 Å². The molecule has 0 fully saturated rings. The van der Waals surface area contributed by atoms with Gasteiger partial charge in [-0.25, -0.2) is 0 Å². The van der Waals surface area contributed by atoms with Gasteiger partial charge in [0.05, 0.1) is 0 Å². The molecular formula is C14H14. The Hall–Kier alpha value is -1.52. The van der Waals surface area contributed by atoms with Crippen molar-refractivity contribution in [2.45, 2.75) is 19.3 Å². The van der Waals surface area contributed by atoms with Gasteiger partial charge in [0.1, 0.15) is 0 Å². The van der Waals surface area contributed by atoms with E-state index in [0.717, 1.165) is 6.42 Å². The first-order valence-electron chi connectivity index (χ1n) is 5.03. The number of allylic oxidation sites excluding steroid dienone is 3. The number of benzene rings is 1. The van der Waals surface area contributed by atoms with Crippen molar-refractivity contribution in [3.8, 4) is 0 Å². The maximum absolute atomic E-state index is 3.24. The quantitative estimate of drug-likeness (QED) is 0.623. The van der Waals surface area contributed by atoms with Crippen LogP contribution in [0.3, 0.4) is 0 Å². The van der Waals surface area contributed by atoms with Crippen LogP contribution in [0.15, 0.2) is 59.9 Å². The predicted molar refractivity (Wildman–Crippen MR) is 60.2 cm³/mol. The molecule has 1 aliphatic carbocycles. The summed E-state index contributed by atoms with van der Waals surface area (Å²) in [5, 5.41) is 0. The van der Waals surface area contributed by atoms with E-state index in [1.54, 1.807) is 0 Å². The topological polar surface area (TPSA) is 0 Å². The molecule has 2 rings (SSSR count). The van der Waals surface area contributed by atoms with Crippen LogP contribution in [0.1, 0.15) is 24.8 Å². The Balaban J connectivity index is 2.06. The number of hydrogen-bond acceptors (Lipinski definition) is 0. The van der Waals surface area contributed by atoms with Crippen LogP contribution in [-0.4, -0.2) is 0 Å².